The van der Waals surface area contributed by atoms with Gasteiger partial charge in [-0.15, -0.1) is 0 Å². The van der Waals surface area contributed by atoms with Crippen molar-refractivity contribution in [3.63, 3.8) is 0 Å². The predicted octanol–water partition coefficient (Wildman–Crippen LogP) is 3.74. The van der Waals surface area contributed by atoms with E-state index < -0.39 is 0 Å². The van der Waals surface area contributed by atoms with E-state index in [9.17, 15) is 4.39 Å². The minimum atomic E-state index is -0.142. The zero-order valence-electron chi connectivity index (χ0n) is 8.89. The molecule has 1 aromatic rings. The first kappa shape index (κ1) is 9.08. The molecule has 0 bridgehead atoms. The summed E-state index contributed by atoms with van der Waals surface area (Å²) >= 11 is 0. The first-order valence-electron chi connectivity index (χ1n) is 5.58. The van der Waals surface area contributed by atoms with Gasteiger partial charge >= 0.3 is 0 Å². The Labute approximate surface area is 89.0 Å². The number of aliphatic imine (C=N–C) groups is 1. The van der Waals surface area contributed by atoms with E-state index in [1.165, 1.54) is 24.6 Å². The maximum atomic E-state index is 13.2. The molecule has 1 aromatic carbocycles. The highest BCUT2D eigenvalue weighted by Crippen LogP contribution is 2.47. The van der Waals surface area contributed by atoms with Crippen LogP contribution in [0.5, 0.6) is 0 Å². The zero-order valence-corrected chi connectivity index (χ0v) is 8.89. The van der Waals surface area contributed by atoms with Gasteiger partial charge in [-0.05, 0) is 43.0 Å². The van der Waals surface area contributed by atoms with Gasteiger partial charge in [-0.25, -0.2) is 4.39 Å². The van der Waals surface area contributed by atoms with Crippen molar-refractivity contribution in [2.75, 3.05) is 0 Å². The van der Waals surface area contributed by atoms with Gasteiger partial charge in [0.25, 0.3) is 0 Å². The highest BCUT2D eigenvalue weighted by atomic mass is 19.1. The summed E-state index contributed by atoms with van der Waals surface area (Å²) in [5.74, 6) is -0.142. The monoisotopic (exact) mass is 203 g/mol. The van der Waals surface area contributed by atoms with Crippen LogP contribution >= 0.6 is 0 Å². The van der Waals surface area contributed by atoms with Crippen molar-refractivity contribution < 1.29 is 4.39 Å². The fourth-order valence-corrected chi connectivity index (χ4v) is 2.85. The summed E-state index contributed by atoms with van der Waals surface area (Å²) in [6, 6.07) is 4.97. The van der Waals surface area contributed by atoms with Crippen LogP contribution < -0.4 is 0 Å². The fourth-order valence-electron chi connectivity index (χ4n) is 2.85. The lowest BCUT2D eigenvalue weighted by Crippen LogP contribution is -2.32. The number of rotatable bonds is 0. The highest BCUT2D eigenvalue weighted by Gasteiger charge is 2.40. The van der Waals surface area contributed by atoms with Gasteiger partial charge in [-0.3, -0.25) is 4.99 Å². The lowest BCUT2D eigenvalue weighted by Gasteiger charge is -2.31. The van der Waals surface area contributed by atoms with Crippen LogP contribution in [-0.4, -0.2) is 5.71 Å². The number of nitrogens with zero attached hydrogens (tertiary/aromatic N) is 1. The van der Waals surface area contributed by atoms with Crippen molar-refractivity contribution in [2.24, 2.45) is 4.99 Å². The van der Waals surface area contributed by atoms with Crippen molar-refractivity contribution in [3.05, 3.63) is 29.6 Å². The summed E-state index contributed by atoms with van der Waals surface area (Å²) in [5.41, 5.74) is 3.36. The minimum absolute atomic E-state index is 0.0235. The Morgan fingerprint density at radius 2 is 2.20 bits per heavy atom. The summed E-state index contributed by atoms with van der Waals surface area (Å²) in [5, 5.41) is 0. The minimum Gasteiger partial charge on any atom is -0.257 e. The van der Waals surface area contributed by atoms with Gasteiger partial charge in [0.15, 0.2) is 0 Å². The SMILES string of the molecule is CC12CCCCC1=Nc1ccc(F)cc12. The van der Waals surface area contributed by atoms with Gasteiger partial charge in [0.05, 0.1) is 5.69 Å². The number of hydrogen-bond donors (Lipinski definition) is 0. The van der Waals surface area contributed by atoms with Crippen LogP contribution in [0.2, 0.25) is 0 Å². The average Bonchev–Trinajstić information content (AvgIpc) is 2.51. The molecule has 3 rings (SSSR count). The molecule has 1 nitrogen and oxygen atoms in total. The van der Waals surface area contributed by atoms with E-state index >= 15 is 0 Å². The van der Waals surface area contributed by atoms with E-state index in [1.54, 1.807) is 12.1 Å². The van der Waals surface area contributed by atoms with Gasteiger partial charge in [0.1, 0.15) is 5.82 Å². The molecule has 0 spiro atoms. The number of benzene rings is 1. The summed E-state index contributed by atoms with van der Waals surface area (Å²) in [6.45, 7) is 2.20. The van der Waals surface area contributed by atoms with Crippen LogP contribution in [0.25, 0.3) is 0 Å². The summed E-state index contributed by atoms with van der Waals surface area (Å²) in [4.78, 5) is 4.64. The molecular formula is C13H14FN. The van der Waals surface area contributed by atoms with Crippen molar-refractivity contribution >= 4 is 11.4 Å². The van der Waals surface area contributed by atoms with E-state index in [0.29, 0.717) is 0 Å². The van der Waals surface area contributed by atoms with Crippen molar-refractivity contribution in [1.82, 2.24) is 0 Å². The van der Waals surface area contributed by atoms with Crippen LogP contribution in [0.1, 0.15) is 38.2 Å². The Bertz CT molecular complexity index is 450. The molecule has 0 aromatic heterocycles. The lowest BCUT2D eigenvalue weighted by molar-refractivity contribution is 0.495. The van der Waals surface area contributed by atoms with Gasteiger partial charge in [-0.1, -0.05) is 13.3 Å². The van der Waals surface area contributed by atoms with Gasteiger partial charge in [0, 0.05) is 11.1 Å². The molecule has 15 heavy (non-hydrogen) atoms. The molecule has 2 heteroatoms. The maximum Gasteiger partial charge on any atom is 0.123 e. The van der Waals surface area contributed by atoms with Gasteiger partial charge in [-0.2, -0.15) is 0 Å². The predicted molar refractivity (Wildman–Crippen MR) is 59.3 cm³/mol. The molecule has 1 heterocycles. The second-order valence-electron chi connectivity index (χ2n) is 4.76. The molecule has 2 aliphatic rings. The summed E-state index contributed by atoms with van der Waals surface area (Å²) in [7, 11) is 0. The molecule has 78 valence electrons. The lowest BCUT2D eigenvalue weighted by atomic mass is 9.71. The van der Waals surface area contributed by atoms with Gasteiger partial charge < -0.3 is 0 Å². The first-order chi connectivity index (χ1) is 7.20. The molecule has 1 unspecified atom stereocenters. The third-order valence-electron chi connectivity index (χ3n) is 3.79. The van der Waals surface area contributed by atoms with E-state index in [4.69, 9.17) is 0 Å². The zero-order chi connectivity index (χ0) is 10.5. The molecule has 0 radical (unpaired) electrons. The van der Waals surface area contributed by atoms with Gasteiger partial charge in [0.2, 0.25) is 0 Å². The second kappa shape index (κ2) is 2.91. The van der Waals surface area contributed by atoms with Crippen LogP contribution in [0.4, 0.5) is 10.1 Å². The third-order valence-corrected chi connectivity index (χ3v) is 3.79. The molecule has 1 fully saturated rings. The van der Waals surface area contributed by atoms with Crippen molar-refractivity contribution in [2.45, 2.75) is 38.0 Å². The number of halogens is 1. The van der Waals surface area contributed by atoms with E-state index in [-0.39, 0.29) is 11.2 Å². The van der Waals surface area contributed by atoms with E-state index in [1.807, 2.05) is 0 Å². The molecule has 1 saturated carbocycles. The third kappa shape index (κ3) is 1.17. The number of hydrogen-bond acceptors (Lipinski definition) is 1. The normalized spacial score (nSPS) is 28.3. The number of fused-ring (bicyclic) bond motifs is 3. The van der Waals surface area contributed by atoms with Crippen LogP contribution in [0.3, 0.4) is 0 Å². The molecule has 1 aliphatic heterocycles. The average molecular weight is 203 g/mol. The molecule has 1 atom stereocenters. The van der Waals surface area contributed by atoms with Crippen LogP contribution in [0, 0.1) is 5.82 Å². The second-order valence-corrected chi connectivity index (χ2v) is 4.76. The largest absolute Gasteiger partial charge is 0.257 e. The van der Waals surface area contributed by atoms with Crippen molar-refractivity contribution in [3.8, 4) is 0 Å². The Kier molecular flexibility index (Phi) is 1.76. The summed E-state index contributed by atoms with van der Waals surface area (Å²) in [6.07, 6.45) is 4.64. The molecular weight excluding hydrogens is 189 g/mol. The van der Waals surface area contributed by atoms with E-state index in [0.717, 1.165) is 24.1 Å². The Morgan fingerprint density at radius 3 is 3.07 bits per heavy atom. The maximum absolute atomic E-state index is 13.2. The van der Waals surface area contributed by atoms with E-state index in [2.05, 4.69) is 11.9 Å². The smallest absolute Gasteiger partial charge is 0.123 e. The van der Waals surface area contributed by atoms with Crippen LogP contribution in [0.15, 0.2) is 23.2 Å². The molecule has 1 aliphatic carbocycles. The standard InChI is InChI=1S/C13H14FN/c1-13-7-3-2-4-12(13)15-11-6-5-9(14)8-10(11)13/h5-6,8H,2-4,7H2,1H3. The Hall–Kier alpha value is -1.18. The first-order valence-corrected chi connectivity index (χ1v) is 5.58. The Morgan fingerprint density at radius 1 is 1.33 bits per heavy atom. The molecule has 0 N–H and O–H groups in total. The quantitative estimate of drug-likeness (QED) is 0.609. The van der Waals surface area contributed by atoms with Crippen molar-refractivity contribution in [1.29, 1.82) is 0 Å². The highest BCUT2D eigenvalue weighted by molar-refractivity contribution is 6.01. The molecule has 0 amide bonds. The Balaban J connectivity index is 2.18. The fraction of sp³-hybridized carbons (Fsp3) is 0.462. The van der Waals surface area contributed by atoms with Crippen LogP contribution in [-0.2, 0) is 5.41 Å². The summed E-state index contributed by atoms with van der Waals surface area (Å²) < 4.78 is 13.2. The topological polar surface area (TPSA) is 12.4 Å². The molecule has 0 saturated heterocycles.